The van der Waals surface area contributed by atoms with Crippen LogP contribution >= 0.6 is 15.9 Å². The van der Waals surface area contributed by atoms with Crippen molar-refractivity contribution in [2.75, 3.05) is 19.7 Å². The Hall–Kier alpha value is -1.83. The van der Waals surface area contributed by atoms with Gasteiger partial charge in [-0.2, -0.15) is 0 Å². The third kappa shape index (κ3) is 4.57. The summed E-state index contributed by atoms with van der Waals surface area (Å²) < 4.78 is 33.3. The summed E-state index contributed by atoms with van der Waals surface area (Å²) in [7, 11) is 0. The number of esters is 1. The van der Waals surface area contributed by atoms with E-state index in [4.69, 9.17) is 4.74 Å². The van der Waals surface area contributed by atoms with Gasteiger partial charge in [-0.1, -0.05) is 5.22 Å². The highest BCUT2D eigenvalue weighted by Gasteiger charge is 2.17. The van der Waals surface area contributed by atoms with E-state index < -0.39 is 23.3 Å². The smallest absolute Gasteiger partial charge is 0.330 e. The molecule has 1 aliphatic rings. The molecule has 1 heterocycles. The standard InChI is InChI=1S/C15H16BrF2N3O2/c1-2-23-13(22)6-5-10-11(16)9-12(17)15(14(10)18)19-20-21-7-3-4-8-21/h5-6,9H,2-4,7-8H2,1H3. The third-order valence-electron chi connectivity index (χ3n) is 3.21. The van der Waals surface area contributed by atoms with Gasteiger partial charge < -0.3 is 4.74 Å². The van der Waals surface area contributed by atoms with Crippen LogP contribution in [-0.4, -0.2) is 30.7 Å². The van der Waals surface area contributed by atoms with Crippen molar-refractivity contribution < 1.29 is 18.3 Å². The molecule has 0 bridgehead atoms. The van der Waals surface area contributed by atoms with Gasteiger partial charge in [-0.15, -0.1) is 5.11 Å². The van der Waals surface area contributed by atoms with E-state index in [1.165, 1.54) is 6.08 Å². The number of carbonyl (C=O) groups is 1. The van der Waals surface area contributed by atoms with Gasteiger partial charge >= 0.3 is 5.97 Å². The molecule has 23 heavy (non-hydrogen) atoms. The highest BCUT2D eigenvalue weighted by Crippen LogP contribution is 2.32. The monoisotopic (exact) mass is 387 g/mol. The van der Waals surface area contributed by atoms with Crippen LogP contribution in [0.1, 0.15) is 25.3 Å². The Kier molecular flexibility index (Phi) is 6.20. The lowest BCUT2D eigenvalue weighted by Gasteiger charge is -2.09. The van der Waals surface area contributed by atoms with Crippen molar-refractivity contribution in [3.05, 3.63) is 33.8 Å². The van der Waals surface area contributed by atoms with Crippen LogP contribution in [0.5, 0.6) is 0 Å². The van der Waals surface area contributed by atoms with E-state index in [0.717, 1.165) is 38.1 Å². The molecule has 0 saturated carbocycles. The maximum atomic E-state index is 14.5. The summed E-state index contributed by atoms with van der Waals surface area (Å²) in [5.41, 5.74) is -0.474. The largest absolute Gasteiger partial charge is 0.463 e. The van der Waals surface area contributed by atoms with Crippen LogP contribution in [0.2, 0.25) is 0 Å². The average Bonchev–Trinajstić information content (AvgIpc) is 3.00. The van der Waals surface area contributed by atoms with Crippen LogP contribution in [0.15, 0.2) is 27.0 Å². The molecule has 1 saturated heterocycles. The highest BCUT2D eigenvalue weighted by atomic mass is 79.9. The van der Waals surface area contributed by atoms with Crippen LogP contribution < -0.4 is 0 Å². The zero-order chi connectivity index (χ0) is 16.8. The first-order valence-corrected chi connectivity index (χ1v) is 8.01. The fourth-order valence-electron chi connectivity index (χ4n) is 2.08. The molecule has 0 amide bonds. The summed E-state index contributed by atoms with van der Waals surface area (Å²) in [6.07, 6.45) is 4.26. The lowest BCUT2D eigenvalue weighted by atomic mass is 10.1. The number of nitrogens with zero attached hydrogens (tertiary/aromatic N) is 3. The van der Waals surface area contributed by atoms with Gasteiger partial charge in [-0.25, -0.2) is 13.6 Å². The van der Waals surface area contributed by atoms with E-state index in [2.05, 4.69) is 26.3 Å². The predicted octanol–water partition coefficient (Wildman–Crippen LogP) is 4.40. The molecule has 0 unspecified atom stereocenters. The van der Waals surface area contributed by atoms with Gasteiger partial charge in [0.2, 0.25) is 0 Å². The summed E-state index contributed by atoms with van der Waals surface area (Å²) in [5, 5.41) is 9.20. The Balaban J connectivity index is 2.29. The van der Waals surface area contributed by atoms with Crippen LogP contribution in [0.25, 0.3) is 6.08 Å². The first kappa shape index (κ1) is 17.5. The highest BCUT2D eigenvalue weighted by molar-refractivity contribution is 9.10. The fourth-order valence-corrected chi connectivity index (χ4v) is 2.59. The molecular weight excluding hydrogens is 372 g/mol. The van der Waals surface area contributed by atoms with Gasteiger partial charge in [0, 0.05) is 29.2 Å². The maximum Gasteiger partial charge on any atom is 0.330 e. The predicted molar refractivity (Wildman–Crippen MR) is 85.0 cm³/mol. The average molecular weight is 388 g/mol. The molecule has 124 valence electrons. The molecule has 8 heteroatoms. The lowest BCUT2D eigenvalue weighted by molar-refractivity contribution is -0.137. The van der Waals surface area contributed by atoms with Crippen molar-refractivity contribution in [3.8, 4) is 0 Å². The van der Waals surface area contributed by atoms with Crippen molar-refractivity contribution in [2.24, 2.45) is 10.3 Å². The van der Waals surface area contributed by atoms with E-state index in [1.54, 1.807) is 11.9 Å². The normalized spacial score (nSPS) is 15.0. The molecule has 5 nitrogen and oxygen atoms in total. The molecule has 0 N–H and O–H groups in total. The fraction of sp³-hybridized carbons (Fsp3) is 0.400. The van der Waals surface area contributed by atoms with Crippen LogP contribution in [0.4, 0.5) is 14.5 Å². The van der Waals surface area contributed by atoms with E-state index >= 15 is 0 Å². The number of ether oxygens (including phenoxy) is 1. The Morgan fingerprint density at radius 3 is 2.78 bits per heavy atom. The Morgan fingerprint density at radius 1 is 1.43 bits per heavy atom. The summed E-state index contributed by atoms with van der Waals surface area (Å²) in [5.74, 6) is -2.32. The minimum Gasteiger partial charge on any atom is -0.463 e. The number of benzene rings is 1. The molecule has 1 aliphatic heterocycles. The third-order valence-corrected chi connectivity index (χ3v) is 3.86. The van der Waals surface area contributed by atoms with E-state index in [0.29, 0.717) is 0 Å². The molecule has 1 aromatic carbocycles. The van der Waals surface area contributed by atoms with Crippen molar-refractivity contribution in [2.45, 2.75) is 19.8 Å². The lowest BCUT2D eigenvalue weighted by Crippen LogP contribution is -2.09. The Bertz CT molecular complexity index is 644. The van der Waals surface area contributed by atoms with Crippen LogP contribution in [0.3, 0.4) is 0 Å². The van der Waals surface area contributed by atoms with E-state index in [-0.39, 0.29) is 16.6 Å². The molecule has 1 fully saturated rings. The van der Waals surface area contributed by atoms with Crippen LogP contribution in [0, 0.1) is 11.6 Å². The van der Waals surface area contributed by atoms with E-state index in [1.807, 2.05) is 0 Å². The van der Waals surface area contributed by atoms with Crippen molar-refractivity contribution in [3.63, 3.8) is 0 Å². The van der Waals surface area contributed by atoms with Gasteiger partial charge in [-0.3, -0.25) is 5.01 Å². The molecule has 0 aliphatic carbocycles. The molecule has 1 aromatic rings. The molecule has 0 radical (unpaired) electrons. The summed E-state index contributed by atoms with van der Waals surface area (Å²) in [6, 6.07) is 1.09. The first-order valence-electron chi connectivity index (χ1n) is 7.22. The van der Waals surface area contributed by atoms with Gasteiger partial charge in [0.05, 0.1) is 6.61 Å². The van der Waals surface area contributed by atoms with E-state index in [9.17, 15) is 13.6 Å². The second-order valence-electron chi connectivity index (χ2n) is 4.85. The molecule has 0 spiro atoms. The van der Waals surface area contributed by atoms with Gasteiger partial charge in [0.25, 0.3) is 0 Å². The van der Waals surface area contributed by atoms with Gasteiger partial charge in [-0.05, 0) is 47.8 Å². The number of carbonyl (C=O) groups excluding carboxylic acids is 1. The first-order chi connectivity index (χ1) is 11.0. The van der Waals surface area contributed by atoms with Gasteiger partial charge in [0.15, 0.2) is 17.3 Å². The second kappa shape index (κ2) is 8.14. The number of halogens is 3. The van der Waals surface area contributed by atoms with Crippen molar-refractivity contribution in [1.82, 2.24) is 5.01 Å². The maximum absolute atomic E-state index is 14.5. The summed E-state index contributed by atoms with van der Waals surface area (Å²) in [6.45, 7) is 3.32. The zero-order valence-electron chi connectivity index (χ0n) is 12.6. The molecule has 0 atom stereocenters. The second-order valence-corrected chi connectivity index (χ2v) is 5.71. The zero-order valence-corrected chi connectivity index (χ0v) is 14.1. The van der Waals surface area contributed by atoms with Crippen molar-refractivity contribution >= 4 is 33.7 Å². The minimum atomic E-state index is -0.889. The number of hydrogen-bond donors (Lipinski definition) is 0. The summed E-state index contributed by atoms with van der Waals surface area (Å²) >= 11 is 3.07. The Labute approximate surface area is 141 Å². The minimum absolute atomic E-state index is 0.00910. The molecule has 2 rings (SSSR count). The van der Waals surface area contributed by atoms with Crippen molar-refractivity contribution in [1.29, 1.82) is 0 Å². The SMILES string of the molecule is CCOC(=O)C=Cc1c(Br)cc(F)c(N=NN2CCCC2)c1F. The number of hydrogen-bond acceptors (Lipinski definition) is 4. The molecular formula is C15H16BrF2N3O2. The Morgan fingerprint density at radius 2 is 2.13 bits per heavy atom. The quantitative estimate of drug-likeness (QED) is 0.427. The number of rotatable bonds is 5. The van der Waals surface area contributed by atoms with Crippen LogP contribution in [-0.2, 0) is 9.53 Å². The molecule has 0 aromatic heterocycles. The van der Waals surface area contributed by atoms with Gasteiger partial charge in [0.1, 0.15) is 0 Å². The summed E-state index contributed by atoms with van der Waals surface area (Å²) in [4.78, 5) is 11.3. The topological polar surface area (TPSA) is 54.3 Å².